The Morgan fingerprint density at radius 2 is 2.00 bits per heavy atom. The van der Waals surface area contributed by atoms with E-state index in [4.69, 9.17) is 14.3 Å². The number of rotatable bonds is 0. The predicted octanol–water partition coefficient (Wildman–Crippen LogP) is 1.18. The summed E-state index contributed by atoms with van der Waals surface area (Å²) in [5.41, 5.74) is 0. The van der Waals surface area contributed by atoms with E-state index < -0.39 is 5.79 Å². The van der Waals surface area contributed by atoms with Crippen LogP contribution in [0.15, 0.2) is 11.8 Å². The quantitative estimate of drug-likeness (QED) is 0.377. The van der Waals surface area contributed by atoms with Crippen LogP contribution in [0.5, 0.6) is 0 Å². The van der Waals surface area contributed by atoms with Gasteiger partial charge in [0.05, 0.1) is 0 Å². The average Bonchev–Trinajstić information content (AvgIpc) is 1.54. The maximum Gasteiger partial charge on any atom is 0.516 e. The molecule has 0 aromatic heterocycles. The van der Waals surface area contributed by atoms with Gasteiger partial charge in [0, 0.05) is 13.8 Å². The normalized spacial score (nSPS) is 22.7. The van der Waals surface area contributed by atoms with Gasteiger partial charge < -0.3 is 9.53 Å². The zero-order valence-corrected chi connectivity index (χ0v) is 6.34. The van der Waals surface area contributed by atoms with Gasteiger partial charge in [-0.05, 0) is 6.92 Å². The lowest BCUT2D eigenvalue weighted by Crippen LogP contribution is -2.33. The Hall–Kier alpha value is -0.990. The first kappa shape index (κ1) is 7.12. The van der Waals surface area contributed by atoms with Gasteiger partial charge in [-0.25, -0.2) is 0 Å². The van der Waals surface area contributed by atoms with E-state index in [1.165, 1.54) is 6.08 Å². The van der Waals surface area contributed by atoms with Crippen molar-refractivity contribution in [3.63, 3.8) is 0 Å². The van der Waals surface area contributed by atoms with Gasteiger partial charge in [0.15, 0.2) is 0 Å². The lowest BCUT2D eigenvalue weighted by atomic mass is 10.3. The maximum atomic E-state index is 8.95. The van der Waals surface area contributed by atoms with E-state index in [9.17, 15) is 0 Å². The average molecular weight is 143 g/mol. The van der Waals surface area contributed by atoms with Crippen LogP contribution in [0, 0.1) is 0 Å². The van der Waals surface area contributed by atoms with Gasteiger partial charge >= 0.3 is 11.8 Å². The Labute approximate surface area is 59.6 Å². The highest BCUT2D eigenvalue weighted by Crippen LogP contribution is 2.20. The number of esters is 1. The van der Waals surface area contributed by atoms with E-state index in [0.29, 0.717) is 5.76 Å². The molecule has 0 bridgehead atoms. The Morgan fingerprint density at radius 3 is 2.40 bits per heavy atom. The molecule has 0 saturated heterocycles. The molecular formula is C7H11O3+. The van der Waals surface area contributed by atoms with Gasteiger partial charge in [0.1, 0.15) is 11.8 Å². The first-order valence-corrected chi connectivity index (χ1v) is 3.12. The van der Waals surface area contributed by atoms with Crippen molar-refractivity contribution in [3.05, 3.63) is 11.8 Å². The first-order chi connectivity index (χ1) is 4.49. The van der Waals surface area contributed by atoms with Gasteiger partial charge in [-0.15, -0.1) is 0 Å². The number of cyclic esters (lactones) is 1. The van der Waals surface area contributed by atoms with Crippen LogP contribution >= 0.6 is 0 Å². The largest absolute Gasteiger partial charge is 0.516 e. The molecule has 1 heterocycles. The van der Waals surface area contributed by atoms with E-state index in [1.807, 2.05) is 0 Å². The summed E-state index contributed by atoms with van der Waals surface area (Å²) in [4.78, 5) is 8.95. The predicted molar refractivity (Wildman–Crippen MR) is 36.9 cm³/mol. The SMILES string of the molecule is CC1=CC(=[OH+])OC(C)(C)O1. The fraction of sp³-hybridized carbons (Fsp3) is 0.571. The molecule has 0 spiro atoms. The third-order valence-corrected chi connectivity index (χ3v) is 1.08. The second-order valence-electron chi connectivity index (χ2n) is 2.70. The molecule has 56 valence electrons. The van der Waals surface area contributed by atoms with Crippen LogP contribution in [-0.4, -0.2) is 16.6 Å². The van der Waals surface area contributed by atoms with Crippen molar-refractivity contribution in [3.8, 4) is 0 Å². The van der Waals surface area contributed by atoms with Crippen LogP contribution in [-0.2, 0) is 9.47 Å². The van der Waals surface area contributed by atoms with Gasteiger partial charge in [-0.1, -0.05) is 0 Å². The Kier molecular flexibility index (Phi) is 1.43. The third-order valence-electron chi connectivity index (χ3n) is 1.08. The molecule has 1 aliphatic rings. The molecule has 10 heavy (non-hydrogen) atoms. The maximum absolute atomic E-state index is 8.95. The molecule has 0 saturated carbocycles. The van der Waals surface area contributed by atoms with E-state index >= 15 is 0 Å². The van der Waals surface area contributed by atoms with Crippen LogP contribution in [0.1, 0.15) is 20.8 Å². The van der Waals surface area contributed by atoms with Gasteiger partial charge in [-0.3, -0.25) is 4.74 Å². The highest BCUT2D eigenvalue weighted by molar-refractivity contribution is 5.84. The van der Waals surface area contributed by atoms with E-state index in [0.717, 1.165) is 0 Å². The molecular weight excluding hydrogens is 132 g/mol. The zero-order valence-electron chi connectivity index (χ0n) is 6.34. The molecule has 1 rings (SSSR count). The first-order valence-electron chi connectivity index (χ1n) is 3.12. The van der Waals surface area contributed by atoms with Gasteiger partial charge in [-0.2, -0.15) is 0 Å². The lowest BCUT2D eigenvalue weighted by Gasteiger charge is -2.21. The molecule has 0 aromatic rings. The Morgan fingerprint density at radius 1 is 1.40 bits per heavy atom. The van der Waals surface area contributed by atoms with Crippen LogP contribution in [0.2, 0.25) is 0 Å². The highest BCUT2D eigenvalue weighted by atomic mass is 16.7. The summed E-state index contributed by atoms with van der Waals surface area (Å²) in [5, 5.41) is 0. The van der Waals surface area contributed by atoms with Crippen LogP contribution in [0.4, 0.5) is 0 Å². The van der Waals surface area contributed by atoms with E-state index in [-0.39, 0.29) is 5.97 Å². The summed E-state index contributed by atoms with van der Waals surface area (Å²) < 4.78 is 10.1. The monoisotopic (exact) mass is 143 g/mol. The van der Waals surface area contributed by atoms with E-state index in [2.05, 4.69) is 0 Å². The lowest BCUT2D eigenvalue weighted by molar-refractivity contribution is -0.145. The van der Waals surface area contributed by atoms with Crippen LogP contribution in [0.3, 0.4) is 0 Å². The summed E-state index contributed by atoms with van der Waals surface area (Å²) in [7, 11) is 0. The molecule has 0 amide bonds. The van der Waals surface area contributed by atoms with Crippen LogP contribution in [0.25, 0.3) is 0 Å². The second-order valence-corrected chi connectivity index (χ2v) is 2.70. The minimum Gasteiger partial charge on any atom is -0.435 e. The minimum absolute atomic E-state index is 0.0891. The second kappa shape index (κ2) is 2.01. The molecule has 0 fully saturated rings. The fourth-order valence-corrected chi connectivity index (χ4v) is 0.893. The summed E-state index contributed by atoms with van der Waals surface area (Å²) >= 11 is 0. The van der Waals surface area contributed by atoms with Crippen molar-refractivity contribution in [1.82, 2.24) is 0 Å². The number of allylic oxidation sites excluding steroid dienone is 1. The number of hydrogen-bond donors (Lipinski definition) is 0. The fourth-order valence-electron chi connectivity index (χ4n) is 0.893. The zero-order chi connectivity index (χ0) is 7.78. The molecule has 0 aliphatic carbocycles. The Balaban J connectivity index is 2.80. The smallest absolute Gasteiger partial charge is 0.435 e. The van der Waals surface area contributed by atoms with Gasteiger partial charge in [0.25, 0.3) is 0 Å². The molecule has 0 unspecified atom stereocenters. The number of ether oxygens (including phenoxy) is 2. The molecule has 0 radical (unpaired) electrons. The summed E-state index contributed by atoms with van der Waals surface area (Å²) in [6.07, 6.45) is 1.44. The van der Waals surface area contributed by atoms with Crippen LogP contribution < -0.4 is 0 Å². The summed E-state index contributed by atoms with van der Waals surface area (Å²) in [5.74, 6) is -0.161. The van der Waals surface area contributed by atoms with Crippen molar-refractivity contribution in [1.29, 1.82) is 0 Å². The number of hydrogen-bond acceptors (Lipinski definition) is 2. The topological polar surface area (TPSA) is 39.9 Å². The van der Waals surface area contributed by atoms with Crippen molar-refractivity contribution < 1.29 is 14.3 Å². The summed E-state index contributed by atoms with van der Waals surface area (Å²) in [6.45, 7) is 5.24. The van der Waals surface area contributed by atoms with Crippen molar-refractivity contribution in [2.45, 2.75) is 26.6 Å². The van der Waals surface area contributed by atoms with Crippen molar-refractivity contribution in [2.24, 2.45) is 0 Å². The van der Waals surface area contributed by atoms with Crippen molar-refractivity contribution >= 4 is 5.97 Å². The molecule has 3 nitrogen and oxygen atoms in total. The molecule has 0 atom stereocenters. The standard InChI is InChI=1S/C7H10O3/c1-5-4-6(8)10-7(2,3)9-5/h4H,1-3H3/p+1. The van der Waals surface area contributed by atoms with Gasteiger partial charge in [0.2, 0.25) is 0 Å². The van der Waals surface area contributed by atoms with Crippen molar-refractivity contribution in [2.75, 3.05) is 0 Å². The number of carbonyl (C=O) groups excluding carboxylic acids is 1. The molecule has 1 N–H and O–H groups in total. The van der Waals surface area contributed by atoms with E-state index in [1.54, 1.807) is 20.8 Å². The third kappa shape index (κ3) is 1.50. The molecule has 0 aromatic carbocycles. The minimum atomic E-state index is -0.733. The Bertz CT molecular complexity index is 191. The molecule has 1 aliphatic heterocycles. The molecule has 3 heteroatoms. The summed E-state index contributed by atoms with van der Waals surface area (Å²) in [6, 6.07) is 0. The highest BCUT2D eigenvalue weighted by Gasteiger charge is 2.36.